The third kappa shape index (κ3) is 4.82. The number of ether oxygens (including phenoxy) is 1. The van der Waals surface area contributed by atoms with Gasteiger partial charge in [-0.05, 0) is 24.1 Å². The lowest BCUT2D eigenvalue weighted by Gasteiger charge is -2.27. The predicted octanol–water partition coefficient (Wildman–Crippen LogP) is 2.25. The highest BCUT2D eigenvalue weighted by Crippen LogP contribution is 2.19. The van der Waals surface area contributed by atoms with Gasteiger partial charge in [0.2, 0.25) is 0 Å². The second kappa shape index (κ2) is 9.67. The van der Waals surface area contributed by atoms with Crippen LogP contribution in [0.5, 0.6) is 0 Å². The molecule has 10 nitrogen and oxygen atoms in total. The summed E-state index contributed by atoms with van der Waals surface area (Å²) in [6, 6.07) is 14.1. The van der Waals surface area contributed by atoms with Gasteiger partial charge in [-0.25, -0.2) is 4.68 Å². The largest absolute Gasteiger partial charge is 0.379 e. The Kier molecular flexibility index (Phi) is 6.52. The average molecular weight is 436 g/mol. The van der Waals surface area contributed by atoms with Crippen LogP contribution in [0.2, 0.25) is 0 Å². The number of aromatic nitrogens is 3. The molecule has 166 valence electrons. The molecule has 2 aromatic carbocycles. The van der Waals surface area contributed by atoms with Crippen LogP contribution in [0, 0.1) is 17.0 Å². The molecular formula is C22H24N6O4. The molecular weight excluding hydrogens is 412 g/mol. The molecule has 1 aliphatic heterocycles. The molecule has 32 heavy (non-hydrogen) atoms. The van der Waals surface area contributed by atoms with Crippen molar-refractivity contribution in [2.45, 2.75) is 20.0 Å². The Balaban J connectivity index is 1.46. The third-order valence-electron chi connectivity index (χ3n) is 5.45. The van der Waals surface area contributed by atoms with Crippen LogP contribution in [0.25, 0.3) is 5.69 Å². The number of benzene rings is 2. The first-order valence-corrected chi connectivity index (χ1v) is 10.3. The number of hydrogen-bond donors (Lipinski definition) is 1. The van der Waals surface area contributed by atoms with Crippen LogP contribution in [0.15, 0.2) is 48.5 Å². The van der Waals surface area contributed by atoms with Gasteiger partial charge in [-0.1, -0.05) is 35.5 Å². The van der Waals surface area contributed by atoms with E-state index in [2.05, 4.69) is 26.6 Å². The summed E-state index contributed by atoms with van der Waals surface area (Å²) in [6.45, 7) is 6.12. The van der Waals surface area contributed by atoms with E-state index in [0.29, 0.717) is 17.9 Å². The van der Waals surface area contributed by atoms with Gasteiger partial charge in [0.1, 0.15) is 0 Å². The van der Waals surface area contributed by atoms with Crippen molar-refractivity contribution >= 4 is 11.6 Å². The summed E-state index contributed by atoms with van der Waals surface area (Å²) in [7, 11) is 0. The van der Waals surface area contributed by atoms with Crippen LogP contribution in [-0.4, -0.2) is 57.0 Å². The number of carbonyl (C=O) groups is 1. The normalized spacial score (nSPS) is 14.3. The summed E-state index contributed by atoms with van der Waals surface area (Å²) in [5, 5.41) is 22.0. The highest BCUT2D eigenvalue weighted by Gasteiger charge is 2.19. The lowest BCUT2D eigenvalue weighted by molar-refractivity contribution is -0.384. The number of hydrogen-bond acceptors (Lipinski definition) is 7. The zero-order chi connectivity index (χ0) is 22.5. The summed E-state index contributed by atoms with van der Waals surface area (Å²) in [5.74, 6) is -0.347. The molecule has 0 bridgehead atoms. The first-order valence-electron chi connectivity index (χ1n) is 10.3. The van der Waals surface area contributed by atoms with Gasteiger partial charge in [0.25, 0.3) is 11.6 Å². The summed E-state index contributed by atoms with van der Waals surface area (Å²) in [4.78, 5) is 25.7. The number of nitrogens with zero attached hydrogens (tertiary/aromatic N) is 5. The minimum absolute atomic E-state index is 0.0553. The molecule has 1 aliphatic rings. The van der Waals surface area contributed by atoms with E-state index in [-0.39, 0.29) is 17.3 Å². The summed E-state index contributed by atoms with van der Waals surface area (Å²) >= 11 is 0. The van der Waals surface area contributed by atoms with Gasteiger partial charge in [0, 0.05) is 38.3 Å². The smallest absolute Gasteiger partial charge is 0.274 e. The van der Waals surface area contributed by atoms with E-state index in [0.717, 1.165) is 44.0 Å². The number of nitrogens with one attached hydrogen (secondary N) is 1. The van der Waals surface area contributed by atoms with Crippen LogP contribution >= 0.6 is 0 Å². The van der Waals surface area contributed by atoms with Gasteiger partial charge in [0.05, 0.1) is 29.5 Å². The van der Waals surface area contributed by atoms with Crippen LogP contribution in [0.1, 0.15) is 27.3 Å². The monoisotopic (exact) mass is 436 g/mol. The van der Waals surface area contributed by atoms with Gasteiger partial charge in [0.15, 0.2) is 5.69 Å². The van der Waals surface area contributed by atoms with E-state index in [4.69, 9.17) is 4.74 Å². The number of rotatable bonds is 7. The number of carbonyl (C=O) groups excluding carboxylic acids is 1. The van der Waals surface area contributed by atoms with Crippen LogP contribution in [-0.2, 0) is 17.8 Å². The Morgan fingerprint density at radius 2 is 1.91 bits per heavy atom. The van der Waals surface area contributed by atoms with Crippen molar-refractivity contribution < 1.29 is 14.5 Å². The van der Waals surface area contributed by atoms with E-state index < -0.39 is 4.92 Å². The Bertz CT molecular complexity index is 1120. The molecule has 3 aromatic rings. The van der Waals surface area contributed by atoms with Crippen molar-refractivity contribution in [3.63, 3.8) is 0 Å². The summed E-state index contributed by atoms with van der Waals surface area (Å²) in [5.41, 5.74) is 3.30. The van der Waals surface area contributed by atoms with Gasteiger partial charge in [-0.3, -0.25) is 19.8 Å². The maximum absolute atomic E-state index is 12.8. The maximum atomic E-state index is 12.8. The molecule has 4 rings (SSSR count). The first kappa shape index (κ1) is 21.6. The molecule has 0 aliphatic carbocycles. The second-order valence-corrected chi connectivity index (χ2v) is 7.55. The van der Waals surface area contributed by atoms with Crippen molar-refractivity contribution in [2.75, 3.05) is 26.3 Å². The fraction of sp³-hybridized carbons (Fsp3) is 0.318. The maximum Gasteiger partial charge on any atom is 0.274 e. The number of nitro benzene ring substituents is 1. The van der Waals surface area contributed by atoms with E-state index >= 15 is 0 Å². The number of non-ortho nitro benzene ring substituents is 1. The Morgan fingerprint density at radius 3 is 2.66 bits per heavy atom. The predicted molar refractivity (Wildman–Crippen MR) is 116 cm³/mol. The van der Waals surface area contributed by atoms with Crippen LogP contribution in [0.4, 0.5) is 5.69 Å². The van der Waals surface area contributed by atoms with Crippen molar-refractivity contribution in [3.8, 4) is 5.69 Å². The number of amides is 1. The lowest BCUT2D eigenvalue weighted by Crippen LogP contribution is -2.36. The molecule has 1 aromatic heterocycles. The second-order valence-electron chi connectivity index (χ2n) is 7.55. The van der Waals surface area contributed by atoms with Crippen LogP contribution < -0.4 is 5.32 Å². The molecule has 2 heterocycles. The Morgan fingerprint density at radius 1 is 1.16 bits per heavy atom. The van der Waals surface area contributed by atoms with E-state index in [9.17, 15) is 14.9 Å². The molecule has 1 fully saturated rings. The van der Waals surface area contributed by atoms with Crippen LogP contribution in [0.3, 0.4) is 0 Å². The van der Waals surface area contributed by atoms with E-state index in [1.807, 2.05) is 18.2 Å². The fourth-order valence-electron chi connectivity index (χ4n) is 3.67. The standard InChI is InChI=1S/C22H24N6O4/c1-16-21(24-25-27(16)19-7-4-8-20(13-19)28(30)31)22(29)23-14-17-5-2-3-6-18(17)15-26-9-11-32-12-10-26/h2-8,13H,9-12,14-15H2,1H3,(H,23,29). The first-order chi connectivity index (χ1) is 15.5. The highest BCUT2D eigenvalue weighted by molar-refractivity contribution is 5.93. The summed E-state index contributed by atoms with van der Waals surface area (Å²) in [6.07, 6.45) is 0. The summed E-state index contributed by atoms with van der Waals surface area (Å²) < 4.78 is 6.84. The zero-order valence-corrected chi connectivity index (χ0v) is 17.7. The van der Waals surface area contributed by atoms with E-state index in [1.54, 1.807) is 19.1 Å². The quantitative estimate of drug-likeness (QED) is 0.446. The topological polar surface area (TPSA) is 115 Å². The number of morpholine rings is 1. The average Bonchev–Trinajstić information content (AvgIpc) is 3.20. The molecule has 1 saturated heterocycles. The molecule has 0 unspecified atom stereocenters. The van der Waals surface area contributed by atoms with Gasteiger partial charge in [-0.2, -0.15) is 0 Å². The minimum Gasteiger partial charge on any atom is -0.379 e. The Labute approximate surface area is 184 Å². The molecule has 0 radical (unpaired) electrons. The molecule has 0 saturated carbocycles. The van der Waals surface area contributed by atoms with Gasteiger partial charge in [-0.15, -0.1) is 5.10 Å². The van der Waals surface area contributed by atoms with Gasteiger partial charge >= 0.3 is 0 Å². The fourth-order valence-corrected chi connectivity index (χ4v) is 3.67. The SMILES string of the molecule is Cc1c(C(=O)NCc2ccccc2CN2CCOCC2)nnn1-c1cccc([N+](=O)[O-])c1. The van der Waals surface area contributed by atoms with Gasteiger partial charge < -0.3 is 10.1 Å². The minimum atomic E-state index is -0.474. The van der Waals surface area contributed by atoms with E-state index in [1.165, 1.54) is 16.8 Å². The molecule has 1 amide bonds. The molecule has 0 spiro atoms. The molecule has 10 heteroatoms. The van der Waals surface area contributed by atoms with Crippen molar-refractivity contribution in [3.05, 3.63) is 81.2 Å². The lowest BCUT2D eigenvalue weighted by atomic mass is 10.1. The highest BCUT2D eigenvalue weighted by atomic mass is 16.6. The number of nitro groups is 1. The molecule has 0 atom stereocenters. The Hall–Kier alpha value is -3.63. The van der Waals surface area contributed by atoms with Crippen molar-refractivity contribution in [1.29, 1.82) is 0 Å². The molecule has 1 N–H and O–H groups in total. The van der Waals surface area contributed by atoms with Crippen molar-refractivity contribution in [2.24, 2.45) is 0 Å². The third-order valence-corrected chi connectivity index (χ3v) is 5.45. The van der Waals surface area contributed by atoms with Crippen molar-refractivity contribution in [1.82, 2.24) is 25.2 Å². The zero-order valence-electron chi connectivity index (χ0n) is 17.7.